The van der Waals surface area contributed by atoms with Gasteiger partial charge in [-0.3, -0.25) is 0 Å². The summed E-state index contributed by atoms with van der Waals surface area (Å²) in [5.74, 6) is 1.45. The molecular weight excluding hydrogens is 460 g/mol. The van der Waals surface area contributed by atoms with Crippen LogP contribution in [0.25, 0.3) is 0 Å². The van der Waals surface area contributed by atoms with Gasteiger partial charge in [-0.25, -0.2) is 0 Å². The zero-order valence-electron chi connectivity index (χ0n) is 26.9. The number of benzene rings is 3. The van der Waals surface area contributed by atoms with Crippen LogP contribution in [0.2, 0.25) is 0 Å². The Morgan fingerprint density at radius 1 is 0.474 bits per heavy atom. The smallest absolute Gasteiger partial charge is 0.127 e. The first-order valence-electron chi connectivity index (χ1n) is 14.5. The average Bonchev–Trinajstić information content (AvgIpc) is 2.88. The van der Waals surface area contributed by atoms with Gasteiger partial charge in [0, 0.05) is 17.9 Å². The van der Waals surface area contributed by atoms with Crippen molar-refractivity contribution in [3.8, 4) is 5.75 Å². The van der Waals surface area contributed by atoms with Crippen molar-refractivity contribution in [1.82, 2.24) is 0 Å². The molecule has 4 rings (SSSR count). The van der Waals surface area contributed by atoms with Gasteiger partial charge < -0.3 is 4.74 Å². The second-order valence-corrected chi connectivity index (χ2v) is 12.9. The van der Waals surface area contributed by atoms with E-state index in [-0.39, 0.29) is 5.60 Å². The van der Waals surface area contributed by atoms with Crippen LogP contribution in [-0.2, 0) is 6.42 Å². The zero-order valence-corrected chi connectivity index (χ0v) is 26.9. The maximum atomic E-state index is 7.21. The van der Waals surface area contributed by atoms with Crippen LogP contribution in [0.5, 0.6) is 5.75 Å². The Balaban J connectivity index is 2.02. The molecule has 38 heavy (non-hydrogen) atoms. The molecule has 3 aromatic rings. The highest BCUT2D eigenvalue weighted by atomic mass is 16.5. The third kappa shape index (κ3) is 4.12. The lowest BCUT2D eigenvalue weighted by atomic mass is 9.70. The van der Waals surface area contributed by atoms with Gasteiger partial charge in [0.2, 0.25) is 0 Å². The normalized spacial score (nSPS) is 19.0. The third-order valence-electron chi connectivity index (χ3n) is 11.1. The van der Waals surface area contributed by atoms with Crippen molar-refractivity contribution in [1.29, 1.82) is 0 Å². The lowest BCUT2D eigenvalue weighted by Crippen LogP contribution is -2.42. The summed E-state index contributed by atoms with van der Waals surface area (Å²) in [6, 6.07) is 0. The van der Waals surface area contributed by atoms with Gasteiger partial charge in [-0.15, -0.1) is 0 Å². The Kier molecular flexibility index (Phi) is 7.18. The molecular formula is C37H50O. The second kappa shape index (κ2) is 9.58. The largest absolute Gasteiger partial charge is 0.487 e. The first kappa shape index (κ1) is 28.5. The molecule has 0 bridgehead atoms. The Hall–Kier alpha value is -2.54. The Bertz CT molecular complexity index is 1420. The van der Waals surface area contributed by atoms with Gasteiger partial charge in [-0.05, 0) is 199 Å². The summed E-state index contributed by atoms with van der Waals surface area (Å²) in [5, 5.41) is 0. The zero-order chi connectivity index (χ0) is 28.6. The number of hydrogen-bond donors (Lipinski definition) is 0. The highest BCUT2D eigenvalue weighted by molar-refractivity contribution is 5.62. The van der Waals surface area contributed by atoms with Crippen LogP contribution in [0.15, 0.2) is 0 Å². The maximum absolute atomic E-state index is 7.21. The molecule has 0 aromatic heterocycles. The Morgan fingerprint density at radius 3 is 1.26 bits per heavy atom. The van der Waals surface area contributed by atoms with E-state index >= 15 is 0 Å². The summed E-state index contributed by atoms with van der Waals surface area (Å²) < 4.78 is 7.21. The molecule has 0 aliphatic carbocycles. The lowest BCUT2D eigenvalue weighted by Gasteiger charge is -2.44. The number of fused-ring (bicyclic) bond motifs is 1. The minimum absolute atomic E-state index is 0.300. The molecule has 3 aromatic carbocycles. The van der Waals surface area contributed by atoms with E-state index in [4.69, 9.17) is 4.74 Å². The van der Waals surface area contributed by atoms with Crippen molar-refractivity contribution in [2.45, 2.75) is 128 Å². The van der Waals surface area contributed by atoms with Crippen LogP contribution >= 0.6 is 0 Å². The molecule has 0 saturated heterocycles. The molecule has 0 saturated carbocycles. The first-order chi connectivity index (χ1) is 17.5. The molecule has 1 aliphatic rings. The van der Waals surface area contributed by atoms with Crippen molar-refractivity contribution in [3.05, 3.63) is 94.6 Å². The molecule has 2 unspecified atom stereocenters. The van der Waals surface area contributed by atoms with Gasteiger partial charge in [0.25, 0.3) is 0 Å². The molecule has 2 atom stereocenters. The fraction of sp³-hybridized carbons (Fsp3) is 0.514. The van der Waals surface area contributed by atoms with E-state index in [1.807, 2.05) is 0 Å². The minimum atomic E-state index is -0.300. The molecule has 1 nitrogen and oxygen atoms in total. The van der Waals surface area contributed by atoms with E-state index in [0.717, 1.165) is 18.6 Å². The quantitative estimate of drug-likeness (QED) is 0.341. The van der Waals surface area contributed by atoms with Crippen molar-refractivity contribution < 1.29 is 4.74 Å². The van der Waals surface area contributed by atoms with Crippen molar-refractivity contribution >= 4 is 0 Å². The predicted molar refractivity (Wildman–Crippen MR) is 165 cm³/mol. The lowest BCUT2D eigenvalue weighted by molar-refractivity contribution is 0.0569. The topological polar surface area (TPSA) is 9.23 Å². The Morgan fingerprint density at radius 2 is 0.816 bits per heavy atom. The monoisotopic (exact) mass is 510 g/mol. The molecule has 1 heterocycles. The standard InChI is InChI=1S/C37H50O/c1-18-20(3)26(9)32(27(10)21(18)4)16-37(15)17-33(34-28(11)22(5)19(2)23(6)29(34)12)35-30(13)24(7)25(8)31(14)36(35)38-37/h33H,16-17H2,1-15H3. The van der Waals surface area contributed by atoms with Crippen LogP contribution in [0.1, 0.15) is 114 Å². The summed E-state index contributed by atoms with van der Waals surface area (Å²) in [6.45, 7) is 34.6. The van der Waals surface area contributed by atoms with Gasteiger partial charge in [-0.2, -0.15) is 0 Å². The van der Waals surface area contributed by atoms with Crippen LogP contribution < -0.4 is 4.74 Å². The van der Waals surface area contributed by atoms with Crippen molar-refractivity contribution in [2.75, 3.05) is 0 Å². The van der Waals surface area contributed by atoms with Gasteiger partial charge >= 0.3 is 0 Å². The third-order valence-corrected chi connectivity index (χ3v) is 11.1. The highest BCUT2D eigenvalue weighted by Crippen LogP contribution is 2.52. The second-order valence-electron chi connectivity index (χ2n) is 12.9. The number of hydrogen-bond acceptors (Lipinski definition) is 1. The summed E-state index contributed by atoms with van der Waals surface area (Å²) in [4.78, 5) is 0. The maximum Gasteiger partial charge on any atom is 0.127 e. The van der Waals surface area contributed by atoms with Gasteiger partial charge in [0.1, 0.15) is 11.4 Å². The van der Waals surface area contributed by atoms with Crippen molar-refractivity contribution in [3.63, 3.8) is 0 Å². The van der Waals surface area contributed by atoms with E-state index in [2.05, 4.69) is 104 Å². The molecule has 1 aliphatic heterocycles. The molecule has 1 heteroatoms. The van der Waals surface area contributed by atoms with E-state index in [0.29, 0.717) is 5.92 Å². The summed E-state index contributed by atoms with van der Waals surface area (Å²) in [6.07, 6.45) is 1.91. The van der Waals surface area contributed by atoms with Gasteiger partial charge in [-0.1, -0.05) is 0 Å². The van der Waals surface area contributed by atoms with E-state index < -0.39 is 0 Å². The summed E-state index contributed by atoms with van der Waals surface area (Å²) >= 11 is 0. The highest BCUT2D eigenvalue weighted by Gasteiger charge is 2.42. The predicted octanol–water partition coefficient (Wildman–Crippen LogP) is 9.92. The number of rotatable bonds is 3. The van der Waals surface area contributed by atoms with Gasteiger partial charge in [0.15, 0.2) is 0 Å². The minimum Gasteiger partial charge on any atom is -0.487 e. The first-order valence-corrected chi connectivity index (χ1v) is 14.5. The number of ether oxygens (including phenoxy) is 1. The fourth-order valence-electron chi connectivity index (χ4n) is 7.30. The Labute approximate surface area is 233 Å². The van der Waals surface area contributed by atoms with Crippen LogP contribution in [-0.4, -0.2) is 5.60 Å². The SMILES string of the molecule is Cc1c(C)c(C)c(CC2(C)CC(c3c(C)c(C)c(C)c(C)c3C)c3c(C)c(C)c(C)c(C)c3O2)c(C)c1C. The molecule has 0 fully saturated rings. The van der Waals surface area contributed by atoms with Crippen molar-refractivity contribution in [2.24, 2.45) is 0 Å². The van der Waals surface area contributed by atoms with Crippen LogP contribution in [0.4, 0.5) is 0 Å². The molecule has 0 amide bonds. The van der Waals surface area contributed by atoms with Gasteiger partial charge in [0.05, 0.1) is 0 Å². The molecule has 204 valence electrons. The summed E-state index contributed by atoms with van der Waals surface area (Å²) in [7, 11) is 0. The molecule has 0 N–H and O–H groups in total. The van der Waals surface area contributed by atoms with Crippen LogP contribution in [0.3, 0.4) is 0 Å². The fourth-order valence-corrected chi connectivity index (χ4v) is 7.30. The van der Waals surface area contributed by atoms with E-state index in [1.54, 1.807) is 0 Å². The summed E-state index contributed by atoms with van der Waals surface area (Å²) in [5.41, 5.74) is 23.9. The van der Waals surface area contributed by atoms with E-state index in [9.17, 15) is 0 Å². The van der Waals surface area contributed by atoms with Crippen LogP contribution in [0, 0.1) is 96.9 Å². The molecule has 0 radical (unpaired) electrons. The van der Waals surface area contributed by atoms with E-state index in [1.165, 1.54) is 94.6 Å². The molecule has 0 spiro atoms. The average molecular weight is 511 g/mol.